The van der Waals surface area contributed by atoms with E-state index in [9.17, 15) is 9.59 Å². The van der Waals surface area contributed by atoms with E-state index in [2.05, 4.69) is 22.1 Å². The second-order valence-corrected chi connectivity index (χ2v) is 5.56. The Morgan fingerprint density at radius 1 is 1.38 bits per heavy atom. The van der Waals surface area contributed by atoms with Gasteiger partial charge in [0.2, 0.25) is 0 Å². The Bertz CT molecular complexity index is 695. The Balaban J connectivity index is 1.96. The van der Waals surface area contributed by atoms with Gasteiger partial charge in [0, 0.05) is 6.54 Å². The first-order valence-electron chi connectivity index (χ1n) is 6.96. The van der Waals surface area contributed by atoms with E-state index in [0.717, 1.165) is 29.6 Å². The van der Waals surface area contributed by atoms with Gasteiger partial charge in [0.1, 0.15) is 5.52 Å². The van der Waals surface area contributed by atoms with Crippen LogP contribution in [0.4, 0.5) is 0 Å². The van der Waals surface area contributed by atoms with E-state index in [-0.39, 0.29) is 6.04 Å². The Labute approximate surface area is 121 Å². The molecule has 2 aromatic heterocycles. The van der Waals surface area contributed by atoms with Crippen LogP contribution in [-0.4, -0.2) is 38.4 Å². The van der Waals surface area contributed by atoms with E-state index in [1.165, 1.54) is 0 Å². The molecule has 7 nitrogen and oxygen atoms in total. The Morgan fingerprint density at radius 2 is 2.19 bits per heavy atom. The summed E-state index contributed by atoms with van der Waals surface area (Å²) in [4.78, 5) is 29.4. The zero-order chi connectivity index (χ0) is 15.0. The summed E-state index contributed by atoms with van der Waals surface area (Å²) in [6, 6.07) is 3.54. The minimum Gasteiger partial charge on any atom is -0.361 e. The average Bonchev–Trinajstić information content (AvgIpc) is 2.93. The van der Waals surface area contributed by atoms with Gasteiger partial charge < -0.3 is 10.6 Å². The summed E-state index contributed by atoms with van der Waals surface area (Å²) in [5.41, 5.74) is 7.52. The highest BCUT2D eigenvalue weighted by molar-refractivity contribution is 6.34. The number of hydrogen-bond donors (Lipinski definition) is 2. The molecule has 21 heavy (non-hydrogen) atoms. The third kappa shape index (κ3) is 2.46. The fourth-order valence-electron chi connectivity index (χ4n) is 2.86. The first kappa shape index (κ1) is 13.5. The number of carbonyl (C=O) groups is 2. The zero-order valence-electron chi connectivity index (χ0n) is 11.7. The number of piperidine rings is 1. The lowest BCUT2D eigenvalue weighted by Gasteiger charge is -2.37. The molecule has 2 amide bonds. The van der Waals surface area contributed by atoms with E-state index in [4.69, 9.17) is 5.73 Å². The second kappa shape index (κ2) is 5.16. The highest BCUT2D eigenvalue weighted by Crippen LogP contribution is 2.32. The van der Waals surface area contributed by atoms with Crippen molar-refractivity contribution in [3.63, 3.8) is 0 Å². The normalized spacial score (nSPS) is 22.4. The summed E-state index contributed by atoms with van der Waals surface area (Å²) < 4.78 is 0. The monoisotopic (exact) mass is 287 g/mol. The number of amides is 2. The van der Waals surface area contributed by atoms with Gasteiger partial charge in [0.15, 0.2) is 0 Å². The standard InChI is InChI=1S/C14H17N5O2/c1-8-2-5-12(19(7-8)14(21)13(15)20)10-4-3-9-11(17-10)6-16-18-9/h3-4,6,8,12H,2,5,7H2,1H3,(H2,15,20)(H,16,18)/t8-,12+/m0/s1. The Hall–Kier alpha value is -2.44. The Kier molecular flexibility index (Phi) is 3.32. The van der Waals surface area contributed by atoms with Crippen molar-refractivity contribution < 1.29 is 9.59 Å². The maximum Gasteiger partial charge on any atom is 0.312 e. The minimum absolute atomic E-state index is 0.208. The van der Waals surface area contributed by atoms with Crippen LogP contribution in [0.2, 0.25) is 0 Å². The lowest BCUT2D eigenvalue weighted by Crippen LogP contribution is -2.47. The number of pyridine rings is 1. The molecule has 7 heteroatoms. The van der Waals surface area contributed by atoms with Gasteiger partial charge in [-0.15, -0.1) is 0 Å². The Morgan fingerprint density at radius 3 is 2.95 bits per heavy atom. The van der Waals surface area contributed by atoms with Gasteiger partial charge in [-0.1, -0.05) is 6.92 Å². The molecule has 2 aromatic rings. The van der Waals surface area contributed by atoms with Crippen LogP contribution in [0.5, 0.6) is 0 Å². The second-order valence-electron chi connectivity index (χ2n) is 5.56. The molecule has 110 valence electrons. The molecule has 0 aromatic carbocycles. The van der Waals surface area contributed by atoms with Crippen molar-refractivity contribution in [2.24, 2.45) is 11.7 Å². The molecule has 0 unspecified atom stereocenters. The maximum atomic E-state index is 12.0. The first-order valence-corrected chi connectivity index (χ1v) is 6.96. The summed E-state index contributed by atoms with van der Waals surface area (Å²) >= 11 is 0. The van der Waals surface area contributed by atoms with Crippen LogP contribution in [0.15, 0.2) is 18.3 Å². The van der Waals surface area contributed by atoms with Crippen LogP contribution < -0.4 is 5.73 Å². The van der Waals surface area contributed by atoms with Crippen molar-refractivity contribution >= 4 is 22.8 Å². The number of H-pyrrole nitrogens is 1. The molecule has 0 spiro atoms. The van der Waals surface area contributed by atoms with Crippen molar-refractivity contribution in [3.05, 3.63) is 24.0 Å². The molecule has 0 bridgehead atoms. The molecular formula is C14H17N5O2. The van der Waals surface area contributed by atoms with Gasteiger partial charge in [-0.25, -0.2) is 4.98 Å². The first-order chi connectivity index (χ1) is 10.1. The van der Waals surface area contributed by atoms with Crippen molar-refractivity contribution in [2.75, 3.05) is 6.54 Å². The third-order valence-corrected chi connectivity index (χ3v) is 3.95. The lowest BCUT2D eigenvalue weighted by atomic mass is 9.92. The summed E-state index contributed by atoms with van der Waals surface area (Å²) in [5.74, 6) is -1.21. The molecule has 0 saturated carbocycles. The number of hydrogen-bond acceptors (Lipinski definition) is 4. The number of nitrogens with two attached hydrogens (primary N) is 1. The van der Waals surface area contributed by atoms with E-state index in [1.54, 1.807) is 11.1 Å². The number of nitrogens with zero attached hydrogens (tertiary/aromatic N) is 3. The average molecular weight is 287 g/mol. The molecule has 1 aliphatic heterocycles. The quantitative estimate of drug-likeness (QED) is 0.755. The summed E-state index contributed by atoms with van der Waals surface area (Å²) in [5, 5.41) is 6.78. The topological polar surface area (TPSA) is 105 Å². The minimum atomic E-state index is -0.918. The third-order valence-electron chi connectivity index (χ3n) is 3.95. The summed E-state index contributed by atoms with van der Waals surface area (Å²) in [7, 11) is 0. The van der Waals surface area contributed by atoms with Gasteiger partial charge in [0.05, 0.1) is 23.4 Å². The molecule has 3 N–H and O–H groups in total. The van der Waals surface area contributed by atoms with Crippen molar-refractivity contribution in [2.45, 2.75) is 25.8 Å². The number of aromatic nitrogens is 3. The van der Waals surface area contributed by atoms with Crippen LogP contribution in [-0.2, 0) is 9.59 Å². The van der Waals surface area contributed by atoms with Crippen molar-refractivity contribution in [3.8, 4) is 0 Å². The van der Waals surface area contributed by atoms with E-state index in [0.29, 0.717) is 12.5 Å². The van der Waals surface area contributed by atoms with Crippen LogP contribution in [0.1, 0.15) is 31.5 Å². The van der Waals surface area contributed by atoms with Crippen molar-refractivity contribution in [1.29, 1.82) is 0 Å². The van der Waals surface area contributed by atoms with Gasteiger partial charge in [-0.3, -0.25) is 14.7 Å². The van der Waals surface area contributed by atoms with Gasteiger partial charge in [-0.2, -0.15) is 5.10 Å². The largest absolute Gasteiger partial charge is 0.361 e. The SMILES string of the molecule is C[C@H]1CC[C@H](c2ccc3[nH]ncc3n2)N(C(=O)C(N)=O)C1. The van der Waals surface area contributed by atoms with E-state index in [1.807, 2.05) is 12.1 Å². The van der Waals surface area contributed by atoms with Gasteiger partial charge in [0.25, 0.3) is 0 Å². The number of rotatable bonds is 1. The molecule has 1 saturated heterocycles. The predicted molar refractivity (Wildman–Crippen MR) is 75.9 cm³/mol. The van der Waals surface area contributed by atoms with Crippen LogP contribution >= 0.6 is 0 Å². The van der Waals surface area contributed by atoms with E-state index >= 15 is 0 Å². The number of aromatic amines is 1. The van der Waals surface area contributed by atoms with Crippen molar-refractivity contribution in [1.82, 2.24) is 20.1 Å². The highest BCUT2D eigenvalue weighted by Gasteiger charge is 2.34. The number of primary amides is 1. The maximum absolute atomic E-state index is 12.0. The lowest BCUT2D eigenvalue weighted by molar-refractivity contribution is -0.147. The molecule has 3 heterocycles. The van der Waals surface area contributed by atoms with Crippen LogP contribution in [0.3, 0.4) is 0 Å². The van der Waals surface area contributed by atoms with Crippen LogP contribution in [0.25, 0.3) is 11.0 Å². The fraction of sp³-hybridized carbons (Fsp3) is 0.429. The molecule has 0 radical (unpaired) electrons. The smallest absolute Gasteiger partial charge is 0.312 e. The number of likely N-dealkylation sites (tertiary alicyclic amines) is 1. The summed E-state index contributed by atoms with van der Waals surface area (Å²) in [6.07, 6.45) is 3.40. The molecule has 1 aliphatic rings. The fourth-order valence-corrected chi connectivity index (χ4v) is 2.86. The van der Waals surface area contributed by atoms with Gasteiger partial charge >= 0.3 is 11.8 Å². The van der Waals surface area contributed by atoms with Crippen LogP contribution in [0, 0.1) is 5.92 Å². The number of carbonyl (C=O) groups excluding carboxylic acids is 2. The molecule has 3 rings (SSSR count). The molecule has 1 fully saturated rings. The zero-order valence-corrected chi connectivity index (χ0v) is 11.7. The molecule has 0 aliphatic carbocycles. The predicted octanol–water partition coefficient (Wildman–Crippen LogP) is 0.743. The molecular weight excluding hydrogens is 270 g/mol. The number of fused-ring (bicyclic) bond motifs is 1. The summed E-state index contributed by atoms with van der Waals surface area (Å²) in [6.45, 7) is 2.59. The number of nitrogens with one attached hydrogen (secondary N) is 1. The molecule has 2 atom stereocenters. The highest BCUT2D eigenvalue weighted by atomic mass is 16.2. The van der Waals surface area contributed by atoms with E-state index < -0.39 is 11.8 Å². The van der Waals surface area contributed by atoms with Gasteiger partial charge in [-0.05, 0) is 30.9 Å².